The molecule has 1 heterocycles. The summed E-state index contributed by atoms with van der Waals surface area (Å²) in [4.78, 5) is 22.8. The third kappa shape index (κ3) is 15.9. The maximum Gasteiger partial charge on any atom is 0.341 e. The van der Waals surface area contributed by atoms with Gasteiger partial charge in [-0.2, -0.15) is 5.10 Å². The monoisotopic (exact) mass is 604 g/mol. The highest BCUT2D eigenvalue weighted by Gasteiger charge is 2.18. The van der Waals surface area contributed by atoms with E-state index >= 15 is 0 Å². The number of carboxylic acid groups (broad SMARTS) is 1. The molecule has 1 N–H and O–H groups in total. The van der Waals surface area contributed by atoms with Crippen molar-refractivity contribution in [2.45, 2.75) is 130 Å². The number of hydrogen-bond donors (Lipinski definition) is 1. The van der Waals surface area contributed by atoms with Gasteiger partial charge < -0.3 is 9.59 Å². The zero-order chi connectivity index (χ0) is 31.2. The minimum absolute atomic E-state index is 0.243. The van der Waals surface area contributed by atoms with Crippen LogP contribution in [0.1, 0.15) is 140 Å². The van der Waals surface area contributed by atoms with Gasteiger partial charge >= 0.3 is 5.97 Å². The fraction of sp³-hybridized carbons (Fsp3) is 0.686. The number of quaternary nitrogens is 1. The van der Waals surface area contributed by atoms with E-state index in [1.165, 1.54) is 125 Å². The molecular weight excluding hydrogens is 546 g/mol. The van der Waals surface area contributed by atoms with Crippen molar-refractivity contribution in [3.8, 4) is 5.69 Å². The lowest BCUT2D eigenvalue weighted by Gasteiger charge is -2.30. The van der Waals surface area contributed by atoms with Crippen LogP contribution in [0.5, 0.6) is 0 Å². The maximum absolute atomic E-state index is 11.6. The van der Waals surface area contributed by atoms with Crippen molar-refractivity contribution in [3.05, 3.63) is 57.0 Å². The Morgan fingerprint density at radius 1 is 0.762 bits per heavy atom. The fourth-order valence-corrected chi connectivity index (χ4v) is 5.44. The quantitative estimate of drug-likeness (QED) is 0.114. The van der Waals surface area contributed by atoms with E-state index < -0.39 is 11.4 Å². The molecule has 238 valence electrons. The number of hydrogen-bond acceptors (Lipinski definition) is 3. The molecule has 0 fully saturated rings. The molecule has 0 aliphatic rings. The van der Waals surface area contributed by atoms with Gasteiger partial charge in [-0.25, -0.2) is 9.48 Å². The average molecular weight is 605 g/mol. The zero-order valence-corrected chi connectivity index (χ0v) is 28.1. The average Bonchev–Trinajstić information content (AvgIpc) is 2.96. The Labute approximate surface area is 261 Å². The first kappa shape index (κ1) is 37.8. The molecule has 0 amide bonds. The minimum atomic E-state index is -1.24. The predicted octanol–water partition coefficient (Wildman–Crippen LogP) is 9.49. The lowest BCUT2D eigenvalue weighted by molar-refractivity contribution is -0.890. The van der Waals surface area contributed by atoms with Gasteiger partial charge in [-0.15, -0.1) is 0 Å². The van der Waals surface area contributed by atoms with Gasteiger partial charge in [-0.1, -0.05) is 109 Å². The molecule has 2 rings (SSSR count). The summed E-state index contributed by atoms with van der Waals surface area (Å²) in [6, 6.07) is 6.78. The van der Waals surface area contributed by atoms with Crippen LogP contribution >= 0.6 is 11.6 Å². The number of unbranched alkanes of at least 4 members (excludes halogenated alkanes) is 14. The van der Waals surface area contributed by atoms with Crippen LogP contribution in [0.25, 0.3) is 5.69 Å². The van der Waals surface area contributed by atoms with Crippen LogP contribution < -0.4 is 5.43 Å². The van der Waals surface area contributed by atoms with Crippen molar-refractivity contribution in [2.24, 2.45) is 0 Å². The summed E-state index contributed by atoms with van der Waals surface area (Å²) in [6.45, 7) is 9.13. The molecule has 1 aromatic carbocycles. The number of carbonyl (C=O) groups is 1. The topological polar surface area (TPSA) is 72.2 Å². The highest BCUT2D eigenvalue weighted by atomic mass is 35.5. The Hall–Kier alpha value is -2.18. The molecule has 0 aliphatic carbocycles. The third-order valence-corrected chi connectivity index (χ3v) is 8.19. The summed E-state index contributed by atoms with van der Waals surface area (Å²) in [5.41, 5.74) is 0.188. The molecular formula is C35H59ClN3O3+. The first-order valence-corrected chi connectivity index (χ1v) is 17.0. The summed E-state index contributed by atoms with van der Waals surface area (Å²) < 4.78 is 2.69. The number of nitrogens with zero attached hydrogens (tertiary/aromatic N) is 3. The number of rotatable bonds is 21. The van der Waals surface area contributed by atoms with Gasteiger partial charge in [0.2, 0.25) is 5.43 Å². The van der Waals surface area contributed by atoms with E-state index in [4.69, 9.17) is 16.7 Å². The molecule has 1 aromatic heterocycles. The van der Waals surface area contributed by atoms with Crippen LogP contribution in [-0.4, -0.2) is 52.5 Å². The highest BCUT2D eigenvalue weighted by Crippen LogP contribution is 2.16. The van der Waals surface area contributed by atoms with Crippen LogP contribution in [0.15, 0.2) is 35.3 Å². The summed E-state index contributed by atoms with van der Waals surface area (Å²) in [5, 5.41) is 13.7. The Morgan fingerprint density at radius 3 is 1.60 bits per heavy atom. The lowest BCUT2D eigenvalue weighted by atomic mass is 10.1. The van der Waals surface area contributed by atoms with Crippen LogP contribution in [0.3, 0.4) is 0 Å². The molecule has 6 nitrogen and oxygen atoms in total. The molecule has 2 aromatic rings. The predicted molar refractivity (Wildman–Crippen MR) is 178 cm³/mol. The van der Waals surface area contributed by atoms with E-state index in [-0.39, 0.29) is 5.56 Å². The number of aromatic carboxylic acids is 1. The van der Waals surface area contributed by atoms with Crippen molar-refractivity contribution in [3.63, 3.8) is 0 Å². The minimum Gasteiger partial charge on any atom is -0.477 e. The van der Waals surface area contributed by atoms with Crippen molar-refractivity contribution >= 4 is 17.6 Å². The Kier molecular flexibility index (Phi) is 20.2. The molecule has 0 aliphatic heterocycles. The number of benzene rings is 1. The Bertz CT molecular complexity index is 1030. The SMILES string of the molecule is CCCCCCCCCC[N+](C)(C)CCCCCCCCCC.CCc1c(C(=O)O)c(=O)cnn1-c1ccc(Cl)cc1. The molecule has 0 spiro atoms. The standard InChI is InChI=1S/C22H48N.C13H11ClN2O3/c1-5-7-9-11-13-15-17-19-21-23(3,4)22-20-18-16-14-12-10-8-6-2;1-2-10-12(13(18)19)11(17)7-15-16(10)9-5-3-8(14)4-6-9/h5-22H2,1-4H3;3-7H,2H2,1H3,(H,18,19)/q+1;. The Morgan fingerprint density at radius 2 is 1.19 bits per heavy atom. The summed E-state index contributed by atoms with van der Waals surface area (Å²) in [5.74, 6) is -1.24. The first-order valence-electron chi connectivity index (χ1n) is 16.6. The van der Waals surface area contributed by atoms with Gasteiger partial charge in [0, 0.05) is 5.02 Å². The van der Waals surface area contributed by atoms with E-state index in [1.807, 2.05) is 0 Å². The molecule has 0 atom stereocenters. The maximum atomic E-state index is 11.6. The highest BCUT2D eigenvalue weighted by molar-refractivity contribution is 6.30. The molecule has 42 heavy (non-hydrogen) atoms. The molecule has 0 saturated heterocycles. The van der Waals surface area contributed by atoms with Gasteiger partial charge in [-0.05, 0) is 56.4 Å². The second kappa shape index (κ2) is 22.4. The van der Waals surface area contributed by atoms with Crippen LogP contribution in [-0.2, 0) is 6.42 Å². The first-order chi connectivity index (χ1) is 20.2. The largest absolute Gasteiger partial charge is 0.477 e. The van der Waals surface area contributed by atoms with E-state index in [0.29, 0.717) is 22.8 Å². The van der Waals surface area contributed by atoms with Crippen LogP contribution in [0.4, 0.5) is 0 Å². The normalized spacial score (nSPS) is 11.3. The lowest BCUT2D eigenvalue weighted by Crippen LogP contribution is -2.41. The molecule has 0 radical (unpaired) electrons. The van der Waals surface area contributed by atoms with Gasteiger partial charge in [0.05, 0.1) is 44.8 Å². The van der Waals surface area contributed by atoms with E-state index in [9.17, 15) is 9.59 Å². The molecule has 0 saturated carbocycles. The number of carboxylic acids is 1. The molecule has 0 unspecified atom stereocenters. The van der Waals surface area contributed by atoms with E-state index in [2.05, 4.69) is 33.0 Å². The second-order valence-corrected chi connectivity index (χ2v) is 12.6. The van der Waals surface area contributed by atoms with Gasteiger partial charge in [0.1, 0.15) is 5.56 Å². The summed E-state index contributed by atoms with van der Waals surface area (Å²) in [7, 11) is 4.87. The summed E-state index contributed by atoms with van der Waals surface area (Å²) in [6.07, 6.45) is 24.4. The third-order valence-electron chi connectivity index (χ3n) is 7.94. The number of aromatic nitrogens is 2. The van der Waals surface area contributed by atoms with Crippen LogP contribution in [0, 0.1) is 0 Å². The van der Waals surface area contributed by atoms with Crippen LogP contribution in [0.2, 0.25) is 5.02 Å². The fourth-order valence-electron chi connectivity index (χ4n) is 5.31. The molecule has 0 bridgehead atoms. The van der Waals surface area contributed by atoms with Gasteiger partial charge in [-0.3, -0.25) is 4.79 Å². The summed E-state index contributed by atoms with van der Waals surface area (Å²) >= 11 is 5.81. The van der Waals surface area contributed by atoms with Gasteiger partial charge in [0.25, 0.3) is 0 Å². The Balaban J connectivity index is 0.000000426. The smallest absolute Gasteiger partial charge is 0.341 e. The number of halogens is 1. The van der Waals surface area contributed by atoms with Crippen molar-refractivity contribution in [1.29, 1.82) is 0 Å². The van der Waals surface area contributed by atoms with Gasteiger partial charge in [0.15, 0.2) is 0 Å². The zero-order valence-electron chi connectivity index (χ0n) is 27.3. The molecule has 7 heteroatoms. The van der Waals surface area contributed by atoms with Crippen molar-refractivity contribution < 1.29 is 14.4 Å². The second-order valence-electron chi connectivity index (χ2n) is 12.2. The van der Waals surface area contributed by atoms with Crippen molar-refractivity contribution in [1.82, 2.24) is 9.78 Å². The van der Waals surface area contributed by atoms with Crippen molar-refractivity contribution in [2.75, 3.05) is 27.2 Å². The van der Waals surface area contributed by atoms with E-state index in [0.717, 1.165) is 6.20 Å². The van der Waals surface area contributed by atoms with E-state index in [1.54, 1.807) is 31.2 Å².